The Labute approximate surface area is 171 Å². The summed E-state index contributed by atoms with van der Waals surface area (Å²) in [6, 6.07) is 30.4. The molecule has 3 aromatic rings. The Kier molecular flexibility index (Phi) is 5.33. The Hall–Kier alpha value is -3.55. The van der Waals surface area contributed by atoms with Crippen LogP contribution in [0, 0.1) is 11.3 Å². The van der Waals surface area contributed by atoms with Gasteiger partial charge in [0.1, 0.15) is 11.3 Å². The fourth-order valence-corrected chi connectivity index (χ4v) is 3.87. The summed E-state index contributed by atoms with van der Waals surface area (Å²) in [6.45, 7) is 2.47. The monoisotopic (exact) mass is 382 g/mol. The Morgan fingerprint density at radius 3 is 2.03 bits per heavy atom. The number of hydrogen-bond acceptors (Lipinski definition) is 4. The van der Waals surface area contributed by atoms with Gasteiger partial charge in [0.25, 0.3) is 0 Å². The molecule has 29 heavy (non-hydrogen) atoms. The van der Waals surface area contributed by atoms with Crippen molar-refractivity contribution in [2.45, 2.75) is 12.5 Å². The topological polar surface area (TPSA) is 45.5 Å². The molecule has 0 bridgehead atoms. The number of anilines is 1. The molecule has 0 radical (unpaired) electrons. The van der Waals surface area contributed by atoms with E-state index in [0.29, 0.717) is 6.61 Å². The van der Waals surface area contributed by atoms with Crippen LogP contribution in [0.4, 0.5) is 5.69 Å². The van der Waals surface area contributed by atoms with Crippen molar-refractivity contribution < 1.29 is 9.57 Å². The second kappa shape index (κ2) is 8.22. The molecule has 0 saturated heterocycles. The van der Waals surface area contributed by atoms with Gasteiger partial charge in [0.2, 0.25) is 0 Å². The zero-order valence-electron chi connectivity index (χ0n) is 16.3. The predicted molar refractivity (Wildman–Crippen MR) is 114 cm³/mol. The second-order valence-electron chi connectivity index (χ2n) is 6.68. The number of hydroxylamine groups is 1. The van der Waals surface area contributed by atoms with E-state index in [0.717, 1.165) is 28.1 Å². The van der Waals surface area contributed by atoms with Crippen LogP contribution in [0.3, 0.4) is 0 Å². The minimum absolute atomic E-state index is 0.0619. The van der Waals surface area contributed by atoms with Gasteiger partial charge in [-0.15, -0.1) is 0 Å². The standard InChI is InChI=1S/C25H22N2O2/c1-2-28-24-19-25(20-11-5-3-6-12-20,21-13-7-4-8-14-21)27(29-18-17-26)23-16-10-9-15-22(23)24/h3-16,19H,2,18H2,1H3. The molecule has 0 aromatic heterocycles. The van der Waals surface area contributed by atoms with E-state index in [4.69, 9.17) is 9.57 Å². The number of nitriles is 1. The van der Waals surface area contributed by atoms with E-state index in [1.807, 2.05) is 72.7 Å². The van der Waals surface area contributed by atoms with E-state index in [1.54, 1.807) is 0 Å². The van der Waals surface area contributed by atoms with Crippen LogP contribution in [0.15, 0.2) is 91.0 Å². The van der Waals surface area contributed by atoms with Crippen LogP contribution < -0.4 is 5.06 Å². The molecule has 1 aliphatic heterocycles. The molecule has 0 aliphatic carbocycles. The van der Waals surface area contributed by atoms with Crippen molar-refractivity contribution in [1.29, 1.82) is 5.26 Å². The van der Waals surface area contributed by atoms with Crippen LogP contribution in [0.25, 0.3) is 5.76 Å². The van der Waals surface area contributed by atoms with Crippen LogP contribution in [-0.4, -0.2) is 13.2 Å². The first-order valence-corrected chi connectivity index (χ1v) is 9.67. The minimum Gasteiger partial charge on any atom is -0.493 e. The first-order valence-electron chi connectivity index (χ1n) is 9.67. The van der Waals surface area contributed by atoms with Gasteiger partial charge in [-0.1, -0.05) is 72.8 Å². The lowest BCUT2D eigenvalue weighted by atomic mass is 9.78. The molecule has 3 aromatic carbocycles. The minimum atomic E-state index is -0.780. The SMILES string of the molecule is CCOC1=CC(c2ccccc2)(c2ccccc2)N(OCC#N)c2ccccc21. The van der Waals surface area contributed by atoms with Gasteiger partial charge in [0.15, 0.2) is 6.61 Å². The van der Waals surface area contributed by atoms with Crippen LogP contribution >= 0.6 is 0 Å². The molecule has 4 nitrogen and oxygen atoms in total. The molecule has 4 rings (SSSR count). The van der Waals surface area contributed by atoms with Gasteiger partial charge in [0.05, 0.1) is 18.4 Å². The maximum atomic E-state index is 9.25. The molecule has 0 unspecified atom stereocenters. The lowest BCUT2D eigenvalue weighted by Gasteiger charge is -2.46. The third-order valence-electron chi connectivity index (χ3n) is 5.03. The van der Waals surface area contributed by atoms with E-state index in [1.165, 1.54) is 0 Å². The number of fused-ring (bicyclic) bond motifs is 1. The van der Waals surface area contributed by atoms with Crippen LogP contribution in [-0.2, 0) is 15.1 Å². The summed E-state index contributed by atoms with van der Waals surface area (Å²) in [5, 5.41) is 11.1. The molecule has 0 fully saturated rings. The summed E-state index contributed by atoms with van der Waals surface area (Å²) >= 11 is 0. The number of ether oxygens (including phenoxy) is 1. The van der Waals surface area contributed by atoms with Gasteiger partial charge in [-0.25, -0.2) is 5.06 Å². The van der Waals surface area contributed by atoms with E-state index in [-0.39, 0.29) is 6.61 Å². The van der Waals surface area contributed by atoms with Gasteiger partial charge in [-0.3, -0.25) is 4.84 Å². The smallest absolute Gasteiger partial charge is 0.161 e. The summed E-state index contributed by atoms with van der Waals surface area (Å²) in [5.41, 5.74) is 3.07. The number of hydrogen-bond donors (Lipinski definition) is 0. The molecule has 144 valence electrons. The largest absolute Gasteiger partial charge is 0.493 e. The number of para-hydroxylation sites is 1. The van der Waals surface area contributed by atoms with Crippen LogP contribution in [0.1, 0.15) is 23.6 Å². The van der Waals surface area contributed by atoms with Gasteiger partial charge < -0.3 is 4.74 Å². The highest BCUT2D eigenvalue weighted by molar-refractivity contribution is 5.80. The summed E-state index contributed by atoms with van der Waals surface area (Å²) in [5.74, 6) is 0.799. The van der Waals surface area contributed by atoms with Crippen molar-refractivity contribution in [2.24, 2.45) is 0 Å². The maximum absolute atomic E-state index is 9.25. The van der Waals surface area contributed by atoms with Crippen molar-refractivity contribution in [3.05, 3.63) is 108 Å². The summed E-state index contributed by atoms with van der Waals surface area (Å²) in [6.07, 6.45) is 2.10. The van der Waals surface area contributed by atoms with Gasteiger partial charge in [0, 0.05) is 5.56 Å². The molecule has 0 atom stereocenters. The molecule has 1 heterocycles. The molecule has 1 aliphatic rings. The molecule has 0 N–H and O–H groups in total. The second-order valence-corrected chi connectivity index (χ2v) is 6.68. The first-order chi connectivity index (χ1) is 14.3. The van der Waals surface area contributed by atoms with Gasteiger partial charge >= 0.3 is 0 Å². The molecule has 4 heteroatoms. The lowest BCUT2D eigenvalue weighted by molar-refractivity contribution is 0.0964. The fourth-order valence-electron chi connectivity index (χ4n) is 3.87. The fraction of sp³-hybridized carbons (Fsp3) is 0.160. The average molecular weight is 382 g/mol. The Morgan fingerprint density at radius 1 is 0.862 bits per heavy atom. The summed E-state index contributed by atoms with van der Waals surface area (Å²) in [4.78, 5) is 6.08. The van der Waals surface area contributed by atoms with Crippen molar-refractivity contribution in [3.8, 4) is 6.07 Å². The van der Waals surface area contributed by atoms with E-state index >= 15 is 0 Å². The predicted octanol–water partition coefficient (Wildman–Crippen LogP) is 5.28. The van der Waals surface area contributed by atoms with Crippen LogP contribution in [0.5, 0.6) is 0 Å². The third kappa shape index (κ3) is 3.26. The van der Waals surface area contributed by atoms with E-state index < -0.39 is 5.54 Å². The van der Waals surface area contributed by atoms with Crippen molar-refractivity contribution in [3.63, 3.8) is 0 Å². The normalized spacial score (nSPS) is 14.5. The summed E-state index contributed by atoms with van der Waals surface area (Å²) in [7, 11) is 0. The van der Waals surface area contributed by atoms with Gasteiger partial charge in [-0.2, -0.15) is 5.26 Å². The number of benzene rings is 3. The number of nitrogens with zero attached hydrogens (tertiary/aromatic N) is 2. The number of rotatable bonds is 6. The van der Waals surface area contributed by atoms with Gasteiger partial charge in [-0.05, 0) is 36.3 Å². The molecular weight excluding hydrogens is 360 g/mol. The third-order valence-corrected chi connectivity index (χ3v) is 5.03. The first kappa shape index (κ1) is 18.8. The molecule has 0 amide bonds. The lowest BCUT2D eigenvalue weighted by Crippen LogP contribution is -2.48. The highest BCUT2D eigenvalue weighted by Gasteiger charge is 2.45. The van der Waals surface area contributed by atoms with E-state index in [2.05, 4.69) is 36.4 Å². The van der Waals surface area contributed by atoms with Crippen molar-refractivity contribution in [1.82, 2.24) is 0 Å². The maximum Gasteiger partial charge on any atom is 0.161 e. The summed E-state index contributed by atoms with van der Waals surface area (Å²) < 4.78 is 6.07. The van der Waals surface area contributed by atoms with E-state index in [9.17, 15) is 5.26 Å². The molecular formula is C25H22N2O2. The van der Waals surface area contributed by atoms with Crippen LogP contribution in [0.2, 0.25) is 0 Å². The van der Waals surface area contributed by atoms with Crippen molar-refractivity contribution in [2.75, 3.05) is 18.3 Å². The Bertz CT molecular complexity index is 1000. The highest BCUT2D eigenvalue weighted by Crippen LogP contribution is 2.48. The molecule has 0 saturated carbocycles. The zero-order valence-corrected chi connectivity index (χ0v) is 16.3. The average Bonchev–Trinajstić information content (AvgIpc) is 2.79. The molecule has 0 spiro atoms. The quantitative estimate of drug-likeness (QED) is 0.582. The highest BCUT2D eigenvalue weighted by atomic mass is 16.7. The zero-order chi connectivity index (χ0) is 20.1. The van der Waals surface area contributed by atoms with Crippen molar-refractivity contribution >= 4 is 11.4 Å². The Balaban J connectivity index is 2.05. The Morgan fingerprint density at radius 2 is 1.45 bits per heavy atom.